The van der Waals surface area contributed by atoms with Gasteiger partial charge in [-0.15, -0.1) is 0 Å². The van der Waals surface area contributed by atoms with Crippen molar-refractivity contribution in [2.45, 2.75) is 37.8 Å². The van der Waals surface area contributed by atoms with E-state index in [9.17, 15) is 9.18 Å². The number of hydrogen-bond acceptors (Lipinski definition) is 5. The highest BCUT2D eigenvalue weighted by atomic mass is 19.1. The van der Waals surface area contributed by atoms with Gasteiger partial charge in [0.05, 0.1) is 35.6 Å². The van der Waals surface area contributed by atoms with Crippen LogP contribution in [0.2, 0.25) is 0 Å². The van der Waals surface area contributed by atoms with Gasteiger partial charge in [-0.05, 0) is 56.0 Å². The summed E-state index contributed by atoms with van der Waals surface area (Å²) in [4.78, 5) is 24.4. The Morgan fingerprint density at radius 1 is 1.09 bits per heavy atom. The number of carbonyl (C=O) groups excluding carboxylic acids is 1. The normalized spacial score (nSPS) is 19.2. The van der Waals surface area contributed by atoms with E-state index in [1.165, 1.54) is 19.2 Å². The third kappa shape index (κ3) is 3.24. The Morgan fingerprint density at radius 2 is 1.91 bits per heavy atom. The summed E-state index contributed by atoms with van der Waals surface area (Å²) in [7, 11) is 3.41. The highest BCUT2D eigenvalue weighted by molar-refractivity contribution is 5.98. The molecular formula is C26H24FN5O2. The molecule has 0 N–H and O–H groups in total. The second-order valence-corrected chi connectivity index (χ2v) is 8.99. The lowest BCUT2D eigenvalue weighted by Crippen LogP contribution is -2.49. The van der Waals surface area contributed by atoms with E-state index in [2.05, 4.69) is 9.97 Å². The van der Waals surface area contributed by atoms with Crippen molar-refractivity contribution < 1.29 is 13.9 Å². The Bertz CT molecular complexity index is 1430. The molecule has 7 nitrogen and oxygen atoms in total. The van der Waals surface area contributed by atoms with Crippen molar-refractivity contribution in [1.29, 1.82) is 0 Å². The predicted octanol–water partition coefficient (Wildman–Crippen LogP) is 4.47. The van der Waals surface area contributed by atoms with Crippen LogP contribution >= 0.6 is 0 Å². The molecule has 1 fully saturated rings. The van der Waals surface area contributed by atoms with Crippen molar-refractivity contribution in [1.82, 2.24) is 24.6 Å². The van der Waals surface area contributed by atoms with Crippen LogP contribution in [-0.4, -0.2) is 43.7 Å². The van der Waals surface area contributed by atoms with Crippen molar-refractivity contribution in [3.05, 3.63) is 71.4 Å². The second-order valence-electron chi connectivity index (χ2n) is 8.99. The number of fused-ring (bicyclic) bond motifs is 5. The van der Waals surface area contributed by atoms with Crippen LogP contribution < -0.4 is 4.74 Å². The average molecular weight is 458 g/mol. The highest BCUT2D eigenvalue weighted by Crippen LogP contribution is 2.45. The van der Waals surface area contributed by atoms with E-state index in [1.807, 2.05) is 40.9 Å². The average Bonchev–Trinajstić information content (AvgIpc) is 3.18. The Kier molecular flexibility index (Phi) is 4.83. The topological polar surface area (TPSA) is 73.1 Å². The molecule has 2 aromatic heterocycles. The molecule has 1 saturated heterocycles. The zero-order valence-electron chi connectivity index (χ0n) is 19.0. The van der Waals surface area contributed by atoms with Crippen LogP contribution in [0.1, 0.15) is 46.9 Å². The summed E-state index contributed by atoms with van der Waals surface area (Å²) >= 11 is 0. The minimum absolute atomic E-state index is 0.00692. The first-order valence-corrected chi connectivity index (χ1v) is 11.5. The van der Waals surface area contributed by atoms with Gasteiger partial charge >= 0.3 is 0 Å². The van der Waals surface area contributed by atoms with E-state index in [-0.39, 0.29) is 23.8 Å². The van der Waals surface area contributed by atoms with E-state index < -0.39 is 0 Å². The van der Waals surface area contributed by atoms with Gasteiger partial charge < -0.3 is 9.64 Å². The van der Waals surface area contributed by atoms with Crippen LogP contribution in [0.15, 0.2) is 48.8 Å². The number of rotatable bonds is 3. The number of methoxy groups -OCH3 is 1. The van der Waals surface area contributed by atoms with E-state index >= 15 is 0 Å². The number of carbonyl (C=O) groups is 1. The molecule has 0 unspecified atom stereocenters. The van der Waals surface area contributed by atoms with Gasteiger partial charge in [-0.25, -0.2) is 4.39 Å². The maximum Gasteiger partial charge on any atom is 0.254 e. The predicted molar refractivity (Wildman–Crippen MR) is 125 cm³/mol. The lowest BCUT2D eigenvalue weighted by atomic mass is 9.81. The van der Waals surface area contributed by atoms with Gasteiger partial charge in [0.15, 0.2) is 0 Å². The third-order valence-electron chi connectivity index (χ3n) is 7.01. The summed E-state index contributed by atoms with van der Waals surface area (Å²) in [6, 6.07) is 10.2. The number of hydrogen-bond donors (Lipinski definition) is 0. The quantitative estimate of drug-likeness (QED) is 0.454. The maximum atomic E-state index is 14.3. The first kappa shape index (κ1) is 20.8. The van der Waals surface area contributed by atoms with Gasteiger partial charge in [-0.1, -0.05) is 0 Å². The lowest BCUT2D eigenvalue weighted by Gasteiger charge is -2.45. The number of aryl methyl sites for hydroxylation is 1. The molecule has 172 valence electrons. The number of aromatic nitrogens is 4. The van der Waals surface area contributed by atoms with Crippen molar-refractivity contribution >= 4 is 16.9 Å². The van der Waals surface area contributed by atoms with Crippen LogP contribution in [-0.2, 0) is 13.5 Å². The first-order chi connectivity index (χ1) is 16.5. The largest absolute Gasteiger partial charge is 0.497 e. The first-order valence-electron chi connectivity index (χ1n) is 11.5. The Balaban J connectivity index is 1.42. The zero-order valence-corrected chi connectivity index (χ0v) is 19.0. The molecule has 2 aliphatic rings. The molecule has 1 amide bonds. The number of piperidine rings is 1. The fraction of sp³-hybridized carbons (Fsp3) is 0.308. The molecular weight excluding hydrogens is 433 g/mol. The van der Waals surface area contributed by atoms with E-state index in [4.69, 9.17) is 9.84 Å². The molecule has 6 rings (SSSR count). The van der Waals surface area contributed by atoms with Gasteiger partial charge in [0.25, 0.3) is 5.91 Å². The molecule has 4 aromatic rings. The summed E-state index contributed by atoms with van der Waals surface area (Å²) in [5.74, 6) is 0.112. The smallest absolute Gasteiger partial charge is 0.254 e. The standard InChI is InChI=1S/C26H24FN5O2/c1-31-25(16-10-17(27)13-19(11-16)34-2)20-14-18-4-3-5-23(24(20)30-31)32(18)26(33)15-6-7-21-22(12-15)29-9-8-28-21/h6-13,18,23H,3-5,14H2,1-2H3/t18-,23+/m0/s1. The van der Waals surface area contributed by atoms with Gasteiger partial charge in [0.2, 0.25) is 0 Å². The van der Waals surface area contributed by atoms with E-state index in [0.29, 0.717) is 23.3 Å². The van der Waals surface area contributed by atoms with Gasteiger partial charge in [-0.3, -0.25) is 19.4 Å². The van der Waals surface area contributed by atoms with Gasteiger partial charge in [0.1, 0.15) is 11.6 Å². The summed E-state index contributed by atoms with van der Waals surface area (Å²) in [5, 5.41) is 4.85. The fourth-order valence-corrected chi connectivity index (χ4v) is 5.57. The molecule has 0 aliphatic carbocycles. The van der Waals surface area contributed by atoms with E-state index in [1.54, 1.807) is 12.4 Å². The van der Waals surface area contributed by atoms with Crippen LogP contribution in [0.25, 0.3) is 22.3 Å². The molecule has 2 aliphatic heterocycles. The molecule has 0 spiro atoms. The Hall–Kier alpha value is -3.81. The minimum atomic E-state index is -0.350. The zero-order chi connectivity index (χ0) is 23.4. The molecule has 0 saturated carbocycles. The fourth-order valence-electron chi connectivity index (χ4n) is 5.57. The van der Waals surface area contributed by atoms with Crippen LogP contribution in [0, 0.1) is 5.82 Å². The van der Waals surface area contributed by atoms with Gasteiger partial charge in [-0.2, -0.15) is 5.10 Å². The number of nitrogens with zero attached hydrogens (tertiary/aromatic N) is 5. The Morgan fingerprint density at radius 3 is 2.74 bits per heavy atom. The molecule has 2 atom stereocenters. The molecule has 2 bridgehead atoms. The summed E-state index contributed by atoms with van der Waals surface area (Å²) in [6.45, 7) is 0. The molecule has 8 heteroatoms. The molecule has 0 radical (unpaired) electrons. The summed E-state index contributed by atoms with van der Waals surface area (Å²) in [5.41, 5.74) is 5.71. The van der Waals surface area contributed by atoms with Crippen LogP contribution in [0.5, 0.6) is 5.75 Å². The van der Waals surface area contributed by atoms with Crippen molar-refractivity contribution in [2.24, 2.45) is 7.05 Å². The SMILES string of the molecule is COc1cc(F)cc(-c2c3c(nn2C)[C@H]2CCC[C@@H](C3)N2C(=O)c2ccc3nccnc3c2)c1. The number of halogens is 1. The number of benzene rings is 2. The second kappa shape index (κ2) is 7.90. The molecule has 4 heterocycles. The maximum absolute atomic E-state index is 14.3. The minimum Gasteiger partial charge on any atom is -0.497 e. The van der Waals surface area contributed by atoms with Crippen LogP contribution in [0.3, 0.4) is 0 Å². The molecule has 2 aromatic carbocycles. The van der Waals surface area contributed by atoms with E-state index in [0.717, 1.165) is 47.3 Å². The summed E-state index contributed by atoms with van der Waals surface area (Å²) in [6.07, 6.45) is 6.79. The van der Waals surface area contributed by atoms with Crippen molar-refractivity contribution in [2.75, 3.05) is 7.11 Å². The number of amides is 1. The van der Waals surface area contributed by atoms with Crippen molar-refractivity contribution in [3.63, 3.8) is 0 Å². The van der Waals surface area contributed by atoms with Gasteiger partial charge in [0, 0.05) is 48.2 Å². The number of ether oxygens (including phenoxy) is 1. The Labute approximate surface area is 196 Å². The third-order valence-corrected chi connectivity index (χ3v) is 7.01. The summed E-state index contributed by atoms with van der Waals surface area (Å²) < 4.78 is 21.4. The van der Waals surface area contributed by atoms with Crippen LogP contribution in [0.4, 0.5) is 4.39 Å². The molecule has 34 heavy (non-hydrogen) atoms. The van der Waals surface area contributed by atoms with Crippen molar-refractivity contribution in [3.8, 4) is 17.0 Å². The lowest BCUT2D eigenvalue weighted by molar-refractivity contribution is 0.0392. The monoisotopic (exact) mass is 457 g/mol. The highest BCUT2D eigenvalue weighted by Gasteiger charge is 2.43.